The van der Waals surface area contributed by atoms with Gasteiger partial charge in [-0.15, -0.1) is 0 Å². The number of fused-ring (bicyclic) bond motifs is 1. The molecule has 4 rings (SSSR count). The molecular weight excluding hydrogens is 370 g/mol. The van der Waals surface area contributed by atoms with Crippen molar-refractivity contribution < 1.29 is 19.1 Å². The zero-order chi connectivity index (χ0) is 20.4. The third-order valence-electron chi connectivity index (χ3n) is 5.67. The van der Waals surface area contributed by atoms with Crippen LogP contribution in [0.1, 0.15) is 45.1 Å². The summed E-state index contributed by atoms with van der Waals surface area (Å²) >= 11 is 0. The summed E-state index contributed by atoms with van der Waals surface area (Å²) in [5, 5.41) is 4.38. The molecule has 1 aliphatic heterocycles. The van der Waals surface area contributed by atoms with E-state index in [9.17, 15) is 9.59 Å². The summed E-state index contributed by atoms with van der Waals surface area (Å²) in [6.45, 7) is 5.50. The summed E-state index contributed by atoms with van der Waals surface area (Å²) in [5.41, 5.74) is 1.56. The van der Waals surface area contributed by atoms with Crippen molar-refractivity contribution >= 4 is 17.5 Å². The number of hydrogen-bond acceptors (Lipinski definition) is 5. The molecule has 2 atom stereocenters. The summed E-state index contributed by atoms with van der Waals surface area (Å²) in [6, 6.07) is 5.80. The number of carbonyl (C=O) groups is 2. The van der Waals surface area contributed by atoms with Gasteiger partial charge in [-0.2, -0.15) is 5.10 Å². The lowest BCUT2D eigenvalue weighted by molar-refractivity contribution is -0.122. The van der Waals surface area contributed by atoms with Crippen LogP contribution in [0, 0.1) is 11.8 Å². The number of carbonyl (C=O) groups excluding carboxylic acids is 2. The lowest BCUT2D eigenvalue weighted by Gasteiger charge is -2.19. The Hall–Kier alpha value is -2.83. The van der Waals surface area contributed by atoms with Crippen LogP contribution in [0.4, 0.5) is 5.69 Å². The molecule has 0 bridgehead atoms. The Balaban J connectivity index is 1.52. The number of imide groups is 1. The monoisotopic (exact) mass is 397 g/mol. The first kappa shape index (κ1) is 19.5. The Kier molecular flexibility index (Phi) is 5.56. The van der Waals surface area contributed by atoms with Gasteiger partial charge in [0.2, 0.25) is 11.8 Å². The molecule has 2 aromatic rings. The summed E-state index contributed by atoms with van der Waals surface area (Å²) in [5.74, 6) is 0.972. The number of amides is 2. The van der Waals surface area contributed by atoms with E-state index in [2.05, 4.69) is 5.10 Å². The molecule has 2 heterocycles. The minimum atomic E-state index is -0.153. The molecule has 0 spiro atoms. The van der Waals surface area contributed by atoms with Gasteiger partial charge < -0.3 is 9.47 Å². The van der Waals surface area contributed by atoms with Crippen molar-refractivity contribution in [2.45, 2.75) is 46.1 Å². The molecule has 0 radical (unpaired) electrons. The van der Waals surface area contributed by atoms with Crippen molar-refractivity contribution in [3.05, 3.63) is 36.2 Å². The third-order valence-corrected chi connectivity index (χ3v) is 5.67. The van der Waals surface area contributed by atoms with Gasteiger partial charge in [0.05, 0.1) is 43.5 Å². The maximum Gasteiger partial charge on any atom is 0.237 e. The van der Waals surface area contributed by atoms with E-state index >= 15 is 0 Å². The van der Waals surface area contributed by atoms with E-state index < -0.39 is 0 Å². The summed E-state index contributed by atoms with van der Waals surface area (Å²) < 4.78 is 13.0. The van der Waals surface area contributed by atoms with E-state index in [1.165, 1.54) is 4.90 Å². The summed E-state index contributed by atoms with van der Waals surface area (Å²) in [7, 11) is 0. The number of benzene rings is 1. The normalized spacial score (nSPS) is 21.4. The van der Waals surface area contributed by atoms with Gasteiger partial charge in [0.1, 0.15) is 0 Å². The Morgan fingerprint density at radius 2 is 1.66 bits per heavy atom. The largest absolute Gasteiger partial charge is 0.490 e. The highest BCUT2D eigenvalue weighted by Gasteiger charge is 2.49. The van der Waals surface area contributed by atoms with Crippen LogP contribution >= 0.6 is 0 Å². The highest BCUT2D eigenvalue weighted by molar-refractivity contribution is 6.22. The van der Waals surface area contributed by atoms with Crippen LogP contribution in [0.25, 0.3) is 0 Å². The molecule has 2 fully saturated rings. The van der Waals surface area contributed by atoms with E-state index in [1.54, 1.807) is 17.1 Å². The second-order valence-electron chi connectivity index (χ2n) is 7.55. The van der Waals surface area contributed by atoms with Crippen LogP contribution < -0.4 is 14.4 Å². The van der Waals surface area contributed by atoms with Gasteiger partial charge in [-0.3, -0.25) is 14.3 Å². The Morgan fingerprint density at radius 3 is 2.31 bits per heavy atom. The summed E-state index contributed by atoms with van der Waals surface area (Å²) in [4.78, 5) is 26.9. The van der Waals surface area contributed by atoms with Crippen LogP contribution in [0.2, 0.25) is 0 Å². The fourth-order valence-electron chi connectivity index (χ4n) is 4.35. The SMILES string of the molecule is CCOc1ccc(Cn2cc(N3C(=O)C4CCCCC4C3=O)cn2)cc1OCC. The number of anilines is 1. The molecule has 0 N–H and O–H groups in total. The minimum Gasteiger partial charge on any atom is -0.490 e. The molecule has 29 heavy (non-hydrogen) atoms. The lowest BCUT2D eigenvalue weighted by atomic mass is 9.81. The van der Waals surface area contributed by atoms with Crippen molar-refractivity contribution in [1.82, 2.24) is 9.78 Å². The van der Waals surface area contributed by atoms with Crippen molar-refractivity contribution in [3.63, 3.8) is 0 Å². The van der Waals surface area contributed by atoms with E-state index in [1.807, 2.05) is 32.0 Å². The second kappa shape index (κ2) is 8.27. The maximum atomic E-state index is 12.8. The van der Waals surface area contributed by atoms with Crippen molar-refractivity contribution in [1.29, 1.82) is 0 Å². The minimum absolute atomic E-state index is 0.0704. The molecule has 1 saturated heterocycles. The maximum absolute atomic E-state index is 12.8. The molecule has 154 valence electrons. The zero-order valence-corrected chi connectivity index (χ0v) is 17.0. The van der Waals surface area contributed by atoms with Gasteiger partial charge in [0, 0.05) is 6.20 Å². The van der Waals surface area contributed by atoms with E-state index in [-0.39, 0.29) is 23.7 Å². The van der Waals surface area contributed by atoms with Gasteiger partial charge in [-0.1, -0.05) is 18.9 Å². The van der Waals surface area contributed by atoms with Gasteiger partial charge >= 0.3 is 0 Å². The highest BCUT2D eigenvalue weighted by atomic mass is 16.5. The van der Waals surface area contributed by atoms with Gasteiger partial charge in [-0.05, 0) is 44.4 Å². The van der Waals surface area contributed by atoms with Gasteiger partial charge in [0.25, 0.3) is 0 Å². The molecule has 2 aliphatic rings. The average molecular weight is 397 g/mol. The first-order valence-corrected chi connectivity index (χ1v) is 10.4. The molecule has 2 amide bonds. The van der Waals surface area contributed by atoms with Gasteiger partial charge in [0.15, 0.2) is 11.5 Å². The fourth-order valence-corrected chi connectivity index (χ4v) is 4.35. The Bertz CT molecular complexity index is 883. The standard InChI is InChI=1S/C22H27N3O4/c1-3-28-19-10-9-15(11-20(19)29-4-2)13-24-14-16(12-23-24)25-21(26)17-7-5-6-8-18(17)22(25)27/h9-12,14,17-18H,3-8,13H2,1-2H3. The molecule has 2 unspecified atom stereocenters. The Labute approximate surface area is 170 Å². The van der Waals surface area contributed by atoms with Crippen LogP contribution in [-0.2, 0) is 16.1 Å². The molecule has 7 heteroatoms. The number of aromatic nitrogens is 2. The van der Waals surface area contributed by atoms with Crippen LogP contribution in [0.5, 0.6) is 11.5 Å². The number of ether oxygens (including phenoxy) is 2. The second-order valence-corrected chi connectivity index (χ2v) is 7.55. The zero-order valence-electron chi connectivity index (χ0n) is 17.0. The molecular formula is C22H27N3O4. The van der Waals surface area contributed by atoms with Crippen molar-refractivity contribution in [2.24, 2.45) is 11.8 Å². The lowest BCUT2D eigenvalue weighted by Crippen LogP contribution is -2.30. The predicted octanol–water partition coefficient (Wildman–Crippen LogP) is 3.41. The Morgan fingerprint density at radius 1 is 1.00 bits per heavy atom. The van der Waals surface area contributed by atoms with Gasteiger partial charge in [-0.25, -0.2) is 4.90 Å². The topological polar surface area (TPSA) is 73.7 Å². The quantitative estimate of drug-likeness (QED) is 0.670. The number of hydrogen-bond donors (Lipinski definition) is 0. The predicted molar refractivity (Wildman–Crippen MR) is 108 cm³/mol. The van der Waals surface area contributed by atoms with E-state index in [4.69, 9.17) is 9.47 Å². The number of rotatable bonds is 7. The fraction of sp³-hybridized carbons (Fsp3) is 0.500. The summed E-state index contributed by atoms with van der Waals surface area (Å²) in [6.07, 6.45) is 7.04. The molecule has 1 aromatic heterocycles. The number of nitrogens with zero attached hydrogens (tertiary/aromatic N) is 3. The van der Waals surface area contributed by atoms with E-state index in [0.29, 0.717) is 31.2 Å². The first-order valence-electron chi connectivity index (χ1n) is 10.4. The van der Waals surface area contributed by atoms with Crippen LogP contribution in [0.15, 0.2) is 30.6 Å². The van der Waals surface area contributed by atoms with Crippen LogP contribution in [-0.4, -0.2) is 34.8 Å². The highest BCUT2D eigenvalue weighted by Crippen LogP contribution is 2.40. The molecule has 1 aromatic carbocycles. The van der Waals surface area contributed by atoms with Crippen molar-refractivity contribution in [2.75, 3.05) is 18.1 Å². The van der Waals surface area contributed by atoms with Crippen LogP contribution in [0.3, 0.4) is 0 Å². The smallest absolute Gasteiger partial charge is 0.237 e. The van der Waals surface area contributed by atoms with Crippen molar-refractivity contribution in [3.8, 4) is 11.5 Å². The molecule has 1 saturated carbocycles. The third kappa shape index (κ3) is 3.73. The molecule has 7 nitrogen and oxygen atoms in total. The first-order chi connectivity index (χ1) is 14.1. The van der Waals surface area contributed by atoms with E-state index in [0.717, 1.165) is 37.0 Å². The molecule has 1 aliphatic carbocycles. The average Bonchev–Trinajstić information content (AvgIpc) is 3.27.